The van der Waals surface area contributed by atoms with Crippen LogP contribution >= 0.6 is 0 Å². The molecule has 3 aromatic rings. The third-order valence-corrected chi connectivity index (χ3v) is 3.51. The zero-order valence-electron chi connectivity index (χ0n) is 11.7. The van der Waals surface area contributed by atoms with Gasteiger partial charge in [-0.25, -0.2) is 9.48 Å². The number of carbonyl (C=O) groups is 1. The molecule has 0 spiro atoms. The molecule has 0 aliphatic rings. The van der Waals surface area contributed by atoms with Gasteiger partial charge in [-0.2, -0.15) is 5.10 Å². The van der Waals surface area contributed by atoms with Crippen LogP contribution in [-0.4, -0.2) is 20.9 Å². The van der Waals surface area contributed by atoms with Crippen molar-refractivity contribution >= 4 is 5.97 Å². The van der Waals surface area contributed by atoms with Gasteiger partial charge in [0.05, 0.1) is 12.0 Å². The van der Waals surface area contributed by atoms with E-state index in [4.69, 9.17) is 4.42 Å². The van der Waals surface area contributed by atoms with E-state index in [2.05, 4.69) is 5.10 Å². The van der Waals surface area contributed by atoms with E-state index < -0.39 is 5.97 Å². The average Bonchev–Trinajstić information content (AvgIpc) is 3.09. The summed E-state index contributed by atoms with van der Waals surface area (Å²) in [5.41, 5.74) is 3.61. The second-order valence-electron chi connectivity index (χ2n) is 4.83. The fourth-order valence-corrected chi connectivity index (χ4v) is 2.23. The molecular weight excluding hydrogens is 268 g/mol. The van der Waals surface area contributed by atoms with Crippen LogP contribution < -0.4 is 0 Å². The lowest BCUT2D eigenvalue weighted by atomic mass is 10.1. The van der Waals surface area contributed by atoms with Crippen LogP contribution in [0.1, 0.15) is 21.6 Å². The Bertz CT molecular complexity index is 801. The lowest BCUT2D eigenvalue weighted by Crippen LogP contribution is -2.04. The first-order valence-corrected chi connectivity index (χ1v) is 6.52. The van der Waals surface area contributed by atoms with Crippen LogP contribution in [0.15, 0.2) is 47.1 Å². The number of hydrogen-bond donors (Lipinski definition) is 1. The number of hydrogen-bond acceptors (Lipinski definition) is 3. The highest BCUT2D eigenvalue weighted by Crippen LogP contribution is 2.27. The van der Waals surface area contributed by atoms with Crippen LogP contribution in [0.4, 0.5) is 0 Å². The molecule has 3 rings (SSSR count). The Morgan fingerprint density at radius 3 is 2.71 bits per heavy atom. The normalized spacial score (nSPS) is 10.8. The van der Waals surface area contributed by atoms with E-state index in [-0.39, 0.29) is 5.69 Å². The van der Waals surface area contributed by atoms with Crippen LogP contribution in [0, 0.1) is 13.8 Å². The summed E-state index contributed by atoms with van der Waals surface area (Å²) in [5, 5.41) is 13.4. The molecule has 0 aliphatic carbocycles. The van der Waals surface area contributed by atoms with Crippen molar-refractivity contribution in [1.82, 2.24) is 9.78 Å². The van der Waals surface area contributed by atoms with Gasteiger partial charge in [0, 0.05) is 6.07 Å². The summed E-state index contributed by atoms with van der Waals surface area (Å²) >= 11 is 0. The number of nitrogens with zero attached hydrogens (tertiary/aromatic N) is 2. The lowest BCUT2D eigenvalue weighted by molar-refractivity contribution is 0.0690. The Morgan fingerprint density at radius 2 is 2.05 bits per heavy atom. The molecular formula is C16H14N2O3. The maximum absolute atomic E-state index is 11.2. The van der Waals surface area contributed by atoms with E-state index in [9.17, 15) is 9.90 Å². The number of aromatic carboxylic acids is 1. The number of furan rings is 1. The summed E-state index contributed by atoms with van der Waals surface area (Å²) in [4.78, 5) is 11.2. The van der Waals surface area contributed by atoms with E-state index in [0.29, 0.717) is 11.5 Å². The number of aromatic nitrogens is 2. The average molecular weight is 282 g/mol. The Morgan fingerprint density at radius 1 is 1.24 bits per heavy atom. The van der Waals surface area contributed by atoms with E-state index in [1.807, 2.05) is 32.0 Å². The summed E-state index contributed by atoms with van der Waals surface area (Å²) in [6, 6.07) is 10.9. The first kappa shape index (κ1) is 13.2. The molecule has 0 atom stereocenters. The van der Waals surface area contributed by atoms with Gasteiger partial charge in [0.2, 0.25) is 0 Å². The Hall–Kier alpha value is -2.82. The summed E-state index contributed by atoms with van der Waals surface area (Å²) in [7, 11) is 0. The first-order chi connectivity index (χ1) is 10.1. The van der Waals surface area contributed by atoms with Gasteiger partial charge in [0.1, 0.15) is 5.69 Å². The summed E-state index contributed by atoms with van der Waals surface area (Å²) < 4.78 is 7.01. The molecule has 0 bridgehead atoms. The Kier molecular flexibility index (Phi) is 3.10. The van der Waals surface area contributed by atoms with Gasteiger partial charge in [0.25, 0.3) is 0 Å². The highest BCUT2D eigenvalue weighted by molar-refractivity contribution is 5.87. The smallest absolute Gasteiger partial charge is 0.356 e. The molecule has 0 amide bonds. The second kappa shape index (κ2) is 4.94. The molecule has 5 heteroatoms. The van der Waals surface area contributed by atoms with Gasteiger partial charge in [-0.3, -0.25) is 0 Å². The van der Waals surface area contributed by atoms with Crippen molar-refractivity contribution in [2.45, 2.75) is 13.8 Å². The Balaban J connectivity index is 2.26. The SMILES string of the molecule is Cc1cccc(-n2nc(C(=O)O)cc2-c2ccco2)c1C. The summed E-state index contributed by atoms with van der Waals surface area (Å²) in [6.45, 7) is 3.99. The molecule has 5 nitrogen and oxygen atoms in total. The van der Waals surface area contributed by atoms with Crippen LogP contribution in [-0.2, 0) is 0 Å². The molecule has 2 heterocycles. The maximum atomic E-state index is 11.2. The van der Waals surface area contributed by atoms with E-state index in [1.165, 1.54) is 6.07 Å². The van der Waals surface area contributed by atoms with Crippen LogP contribution in [0.25, 0.3) is 17.1 Å². The monoisotopic (exact) mass is 282 g/mol. The molecule has 0 saturated carbocycles. The quantitative estimate of drug-likeness (QED) is 0.799. The summed E-state index contributed by atoms with van der Waals surface area (Å²) in [6.07, 6.45) is 1.55. The van der Waals surface area contributed by atoms with E-state index in [1.54, 1.807) is 23.1 Å². The molecule has 0 radical (unpaired) electrons. The van der Waals surface area contributed by atoms with Gasteiger partial charge >= 0.3 is 5.97 Å². The van der Waals surface area contributed by atoms with Crippen molar-refractivity contribution in [2.75, 3.05) is 0 Å². The van der Waals surface area contributed by atoms with Crippen molar-refractivity contribution in [2.24, 2.45) is 0 Å². The number of rotatable bonds is 3. The molecule has 0 fully saturated rings. The predicted octanol–water partition coefficient (Wildman–Crippen LogP) is 3.45. The number of benzene rings is 1. The third-order valence-electron chi connectivity index (χ3n) is 3.51. The van der Waals surface area contributed by atoms with Crippen LogP contribution in [0.2, 0.25) is 0 Å². The zero-order chi connectivity index (χ0) is 15.0. The third kappa shape index (κ3) is 2.23. The van der Waals surface area contributed by atoms with Crippen molar-refractivity contribution in [3.05, 3.63) is 59.5 Å². The molecule has 1 N–H and O–H groups in total. The van der Waals surface area contributed by atoms with Crippen LogP contribution in [0.3, 0.4) is 0 Å². The molecule has 2 aromatic heterocycles. The van der Waals surface area contributed by atoms with Gasteiger partial charge in [-0.15, -0.1) is 0 Å². The van der Waals surface area contributed by atoms with Gasteiger partial charge in [-0.1, -0.05) is 12.1 Å². The number of aryl methyl sites for hydroxylation is 1. The van der Waals surface area contributed by atoms with E-state index >= 15 is 0 Å². The van der Waals surface area contributed by atoms with Gasteiger partial charge in [-0.05, 0) is 43.2 Å². The van der Waals surface area contributed by atoms with Gasteiger partial charge < -0.3 is 9.52 Å². The van der Waals surface area contributed by atoms with Crippen molar-refractivity contribution in [3.8, 4) is 17.1 Å². The first-order valence-electron chi connectivity index (χ1n) is 6.52. The lowest BCUT2D eigenvalue weighted by Gasteiger charge is -2.10. The van der Waals surface area contributed by atoms with Gasteiger partial charge in [0.15, 0.2) is 11.5 Å². The largest absolute Gasteiger partial charge is 0.476 e. The fraction of sp³-hybridized carbons (Fsp3) is 0.125. The minimum Gasteiger partial charge on any atom is -0.476 e. The minimum atomic E-state index is -1.06. The van der Waals surface area contributed by atoms with Crippen LogP contribution in [0.5, 0.6) is 0 Å². The molecule has 0 aliphatic heterocycles. The minimum absolute atomic E-state index is 0.0118. The zero-order valence-corrected chi connectivity index (χ0v) is 11.7. The molecule has 106 valence electrons. The standard InChI is InChI=1S/C16H14N2O3/c1-10-5-3-6-13(11(10)2)18-14(15-7-4-8-21-15)9-12(17-18)16(19)20/h3-9H,1-2H3,(H,19,20). The number of carboxylic acids is 1. The predicted molar refractivity (Wildman–Crippen MR) is 77.7 cm³/mol. The number of carboxylic acid groups (broad SMARTS) is 1. The highest BCUT2D eigenvalue weighted by atomic mass is 16.4. The van der Waals surface area contributed by atoms with Crippen molar-refractivity contribution < 1.29 is 14.3 Å². The Labute approximate surface area is 121 Å². The molecule has 0 saturated heterocycles. The molecule has 1 aromatic carbocycles. The summed E-state index contributed by atoms with van der Waals surface area (Å²) in [5.74, 6) is -0.484. The fourth-order valence-electron chi connectivity index (χ4n) is 2.23. The van der Waals surface area contributed by atoms with Crippen molar-refractivity contribution in [1.29, 1.82) is 0 Å². The topological polar surface area (TPSA) is 68.3 Å². The molecule has 0 unspecified atom stereocenters. The van der Waals surface area contributed by atoms with Crippen molar-refractivity contribution in [3.63, 3.8) is 0 Å². The van der Waals surface area contributed by atoms with E-state index in [0.717, 1.165) is 16.8 Å². The second-order valence-corrected chi connectivity index (χ2v) is 4.83. The maximum Gasteiger partial charge on any atom is 0.356 e. The molecule has 21 heavy (non-hydrogen) atoms. The highest BCUT2D eigenvalue weighted by Gasteiger charge is 2.18.